The van der Waals surface area contributed by atoms with E-state index in [0.29, 0.717) is 37.2 Å². The third-order valence-electron chi connectivity index (χ3n) is 6.07. The van der Waals surface area contributed by atoms with Crippen LogP contribution in [0.5, 0.6) is 0 Å². The fraction of sp³-hybridized carbons (Fsp3) is 0.696. The number of piperidine rings is 1. The van der Waals surface area contributed by atoms with Gasteiger partial charge >= 0.3 is 6.18 Å². The molecular weight excluding hydrogens is 405 g/mol. The van der Waals surface area contributed by atoms with Gasteiger partial charge in [-0.25, -0.2) is 0 Å². The predicted molar refractivity (Wildman–Crippen MR) is 117 cm³/mol. The highest BCUT2D eigenvalue weighted by Crippen LogP contribution is 2.32. The molecule has 0 saturated carbocycles. The minimum atomic E-state index is -4.36. The Balaban J connectivity index is 1.68. The van der Waals surface area contributed by atoms with Crippen molar-refractivity contribution in [2.75, 3.05) is 45.9 Å². The second kappa shape index (κ2) is 10.7. The van der Waals surface area contributed by atoms with Crippen LogP contribution in [0.4, 0.5) is 13.2 Å². The lowest BCUT2D eigenvalue weighted by atomic mass is 9.97. The van der Waals surface area contributed by atoms with Crippen molar-refractivity contribution >= 4 is 5.96 Å². The standard InChI is InChI=1S/C23H35F3N4O/c1-4-27-22(28-14-18-7-6-10-29(15-18)17(2)3)30-11-12-31-21(16-30)19-8-5-9-20(13-19)23(24,25)26/h5,8-9,13,17-18,21H,4,6-7,10-12,14-16H2,1-3H3,(H,27,28). The summed E-state index contributed by atoms with van der Waals surface area (Å²) in [5.41, 5.74) is -0.0893. The van der Waals surface area contributed by atoms with Gasteiger partial charge in [0.15, 0.2) is 5.96 Å². The molecule has 2 aliphatic heterocycles. The monoisotopic (exact) mass is 440 g/mol. The fourth-order valence-electron chi connectivity index (χ4n) is 4.32. The number of rotatable bonds is 5. The van der Waals surface area contributed by atoms with Crippen LogP contribution in [0.1, 0.15) is 50.8 Å². The van der Waals surface area contributed by atoms with E-state index in [9.17, 15) is 13.2 Å². The Morgan fingerprint density at radius 2 is 2.06 bits per heavy atom. The van der Waals surface area contributed by atoms with Gasteiger partial charge in [-0.2, -0.15) is 13.2 Å². The molecule has 2 aliphatic rings. The summed E-state index contributed by atoms with van der Waals surface area (Å²) in [6, 6.07) is 5.99. The quantitative estimate of drug-likeness (QED) is 0.551. The maximum atomic E-state index is 13.1. The Labute approximate surface area is 183 Å². The molecule has 2 saturated heterocycles. The van der Waals surface area contributed by atoms with Crippen molar-refractivity contribution in [2.45, 2.75) is 51.9 Å². The molecule has 0 aromatic heterocycles. The zero-order valence-corrected chi connectivity index (χ0v) is 18.8. The summed E-state index contributed by atoms with van der Waals surface area (Å²) in [6.07, 6.45) is -2.39. The highest BCUT2D eigenvalue weighted by Gasteiger charge is 2.32. The molecule has 0 aliphatic carbocycles. The van der Waals surface area contributed by atoms with E-state index in [0.717, 1.165) is 38.2 Å². The van der Waals surface area contributed by atoms with Gasteiger partial charge in [0.2, 0.25) is 0 Å². The van der Waals surface area contributed by atoms with Crippen molar-refractivity contribution in [1.29, 1.82) is 0 Å². The van der Waals surface area contributed by atoms with Gasteiger partial charge < -0.3 is 19.9 Å². The summed E-state index contributed by atoms with van der Waals surface area (Å²) < 4.78 is 45.2. The van der Waals surface area contributed by atoms with E-state index in [4.69, 9.17) is 9.73 Å². The van der Waals surface area contributed by atoms with Crippen LogP contribution in [0, 0.1) is 5.92 Å². The summed E-state index contributed by atoms with van der Waals surface area (Å²) in [7, 11) is 0. The molecule has 3 rings (SSSR count). The molecule has 1 aromatic rings. The molecule has 5 nitrogen and oxygen atoms in total. The third-order valence-corrected chi connectivity index (χ3v) is 6.07. The Morgan fingerprint density at radius 3 is 2.77 bits per heavy atom. The smallest absolute Gasteiger partial charge is 0.370 e. The van der Waals surface area contributed by atoms with Gasteiger partial charge in [0.25, 0.3) is 0 Å². The van der Waals surface area contributed by atoms with Crippen molar-refractivity contribution in [3.63, 3.8) is 0 Å². The third kappa shape index (κ3) is 6.59. The first-order valence-electron chi connectivity index (χ1n) is 11.3. The molecule has 31 heavy (non-hydrogen) atoms. The number of hydrogen-bond donors (Lipinski definition) is 1. The first kappa shape index (κ1) is 23.9. The molecule has 1 N–H and O–H groups in total. The van der Waals surface area contributed by atoms with Gasteiger partial charge in [-0.15, -0.1) is 0 Å². The number of likely N-dealkylation sites (tertiary alicyclic amines) is 1. The maximum Gasteiger partial charge on any atom is 0.416 e. The van der Waals surface area contributed by atoms with Crippen molar-refractivity contribution in [3.05, 3.63) is 35.4 Å². The molecule has 174 valence electrons. The summed E-state index contributed by atoms with van der Waals surface area (Å²) in [5, 5.41) is 3.36. The van der Waals surface area contributed by atoms with Gasteiger partial charge in [-0.3, -0.25) is 4.99 Å². The van der Waals surface area contributed by atoms with E-state index in [1.165, 1.54) is 25.0 Å². The first-order valence-corrected chi connectivity index (χ1v) is 11.3. The van der Waals surface area contributed by atoms with Crippen LogP contribution < -0.4 is 5.32 Å². The summed E-state index contributed by atoms with van der Waals surface area (Å²) in [4.78, 5) is 9.53. The van der Waals surface area contributed by atoms with E-state index in [-0.39, 0.29) is 0 Å². The van der Waals surface area contributed by atoms with E-state index in [2.05, 4.69) is 29.0 Å². The van der Waals surface area contributed by atoms with E-state index in [1.807, 2.05) is 6.92 Å². The molecule has 0 amide bonds. The molecule has 2 heterocycles. The minimum Gasteiger partial charge on any atom is -0.370 e. The lowest BCUT2D eigenvalue weighted by Gasteiger charge is -2.37. The van der Waals surface area contributed by atoms with Gasteiger partial charge in [-0.1, -0.05) is 12.1 Å². The Kier molecular flexibility index (Phi) is 8.22. The maximum absolute atomic E-state index is 13.1. The van der Waals surface area contributed by atoms with Crippen molar-refractivity contribution < 1.29 is 17.9 Å². The Hall–Kier alpha value is -1.80. The molecule has 2 fully saturated rings. The van der Waals surface area contributed by atoms with Crippen LogP contribution in [0.25, 0.3) is 0 Å². The average molecular weight is 441 g/mol. The number of aliphatic imine (C=N–C) groups is 1. The van der Waals surface area contributed by atoms with Crippen molar-refractivity contribution in [3.8, 4) is 0 Å². The van der Waals surface area contributed by atoms with Crippen LogP contribution in [0.2, 0.25) is 0 Å². The molecule has 0 radical (unpaired) electrons. The Morgan fingerprint density at radius 1 is 1.26 bits per heavy atom. The number of morpholine rings is 1. The van der Waals surface area contributed by atoms with Gasteiger partial charge in [-0.05, 0) is 63.8 Å². The topological polar surface area (TPSA) is 40.1 Å². The summed E-state index contributed by atoms with van der Waals surface area (Å²) in [5.74, 6) is 1.36. The highest BCUT2D eigenvalue weighted by atomic mass is 19.4. The number of hydrogen-bond acceptors (Lipinski definition) is 3. The lowest BCUT2D eigenvalue weighted by Crippen LogP contribution is -2.48. The number of nitrogens with zero attached hydrogens (tertiary/aromatic N) is 3. The normalized spacial score (nSPS) is 24.0. The SMILES string of the molecule is CCNC(=NCC1CCCN(C(C)C)C1)N1CCOC(c2cccc(C(F)(F)F)c2)C1. The van der Waals surface area contributed by atoms with Crippen LogP contribution in [-0.2, 0) is 10.9 Å². The van der Waals surface area contributed by atoms with Crippen LogP contribution in [0.3, 0.4) is 0 Å². The number of nitrogens with one attached hydrogen (secondary N) is 1. The van der Waals surface area contributed by atoms with Crippen molar-refractivity contribution in [2.24, 2.45) is 10.9 Å². The fourth-order valence-corrected chi connectivity index (χ4v) is 4.32. The number of halogens is 3. The molecule has 1 aromatic carbocycles. The molecule has 0 spiro atoms. The molecule has 0 bridgehead atoms. The van der Waals surface area contributed by atoms with Gasteiger partial charge in [0.1, 0.15) is 6.10 Å². The van der Waals surface area contributed by atoms with E-state index < -0.39 is 17.8 Å². The van der Waals surface area contributed by atoms with Crippen LogP contribution in [0.15, 0.2) is 29.3 Å². The van der Waals surface area contributed by atoms with E-state index >= 15 is 0 Å². The average Bonchev–Trinajstić information content (AvgIpc) is 2.76. The zero-order valence-electron chi connectivity index (χ0n) is 18.8. The second-order valence-electron chi connectivity index (χ2n) is 8.72. The second-order valence-corrected chi connectivity index (χ2v) is 8.72. The van der Waals surface area contributed by atoms with Crippen LogP contribution >= 0.6 is 0 Å². The largest absolute Gasteiger partial charge is 0.416 e. The number of benzene rings is 1. The minimum absolute atomic E-state index is 0.411. The van der Waals surface area contributed by atoms with E-state index in [1.54, 1.807) is 6.07 Å². The number of ether oxygens (including phenoxy) is 1. The Bertz CT molecular complexity index is 738. The first-order chi connectivity index (χ1) is 14.8. The molecule has 2 atom stereocenters. The lowest BCUT2D eigenvalue weighted by molar-refractivity contribution is -0.137. The van der Waals surface area contributed by atoms with Gasteiger partial charge in [0.05, 0.1) is 18.7 Å². The summed E-state index contributed by atoms with van der Waals surface area (Å²) >= 11 is 0. The zero-order chi connectivity index (χ0) is 22.4. The number of guanidine groups is 1. The van der Waals surface area contributed by atoms with Crippen LogP contribution in [-0.4, -0.2) is 67.7 Å². The molecule has 2 unspecified atom stereocenters. The molecular formula is C23H35F3N4O. The summed E-state index contributed by atoms with van der Waals surface area (Å²) in [6.45, 7) is 11.8. The molecule has 8 heteroatoms. The number of alkyl halides is 3. The van der Waals surface area contributed by atoms with Gasteiger partial charge in [0, 0.05) is 32.2 Å². The predicted octanol–water partition coefficient (Wildman–Crippen LogP) is 4.16. The van der Waals surface area contributed by atoms with Crippen molar-refractivity contribution in [1.82, 2.24) is 15.1 Å². The highest BCUT2D eigenvalue weighted by molar-refractivity contribution is 5.80.